The minimum Gasteiger partial charge on any atom is -0.375 e. The van der Waals surface area contributed by atoms with Gasteiger partial charge in [0.05, 0.1) is 24.4 Å². The van der Waals surface area contributed by atoms with Crippen molar-refractivity contribution >= 4 is 0 Å². The van der Waals surface area contributed by atoms with Gasteiger partial charge in [-0.2, -0.15) is 0 Å². The van der Waals surface area contributed by atoms with Crippen LogP contribution in [0.3, 0.4) is 0 Å². The maximum absolute atomic E-state index is 5.94. The normalized spacial score (nSPS) is 38.8. The molecule has 1 aliphatic heterocycles. The van der Waals surface area contributed by atoms with E-state index in [0.717, 1.165) is 32.3 Å². The molecule has 2 aliphatic rings. The van der Waals surface area contributed by atoms with E-state index in [2.05, 4.69) is 13.8 Å². The Kier molecular flexibility index (Phi) is 3.88. The SMILES string of the molecule is CC1(C)CCC(COC2CCCC(N)C2)O1. The van der Waals surface area contributed by atoms with Crippen molar-refractivity contribution in [1.82, 2.24) is 0 Å². The highest BCUT2D eigenvalue weighted by molar-refractivity contribution is 4.81. The predicted octanol–water partition coefficient (Wildman–Crippen LogP) is 2.23. The molecule has 0 amide bonds. The molecule has 2 rings (SSSR count). The molecule has 1 heterocycles. The first-order valence-corrected chi connectivity index (χ1v) is 6.60. The van der Waals surface area contributed by atoms with E-state index in [-0.39, 0.29) is 5.60 Å². The van der Waals surface area contributed by atoms with Crippen LogP contribution < -0.4 is 5.73 Å². The molecule has 3 atom stereocenters. The molecule has 1 saturated carbocycles. The van der Waals surface area contributed by atoms with Crippen LogP contribution in [-0.4, -0.2) is 30.5 Å². The fourth-order valence-corrected chi connectivity index (χ4v) is 2.77. The Balaban J connectivity index is 1.68. The molecule has 94 valence electrons. The lowest BCUT2D eigenvalue weighted by Gasteiger charge is -2.28. The van der Waals surface area contributed by atoms with Crippen molar-refractivity contribution in [3.63, 3.8) is 0 Å². The lowest BCUT2D eigenvalue weighted by Crippen LogP contribution is -2.34. The van der Waals surface area contributed by atoms with Gasteiger partial charge in [0, 0.05) is 6.04 Å². The van der Waals surface area contributed by atoms with Crippen molar-refractivity contribution in [2.45, 2.75) is 76.2 Å². The molecule has 3 unspecified atom stereocenters. The second kappa shape index (κ2) is 5.03. The molecule has 16 heavy (non-hydrogen) atoms. The van der Waals surface area contributed by atoms with Crippen molar-refractivity contribution in [3.8, 4) is 0 Å². The molecule has 3 heteroatoms. The van der Waals surface area contributed by atoms with Gasteiger partial charge in [0.25, 0.3) is 0 Å². The van der Waals surface area contributed by atoms with E-state index in [1.54, 1.807) is 0 Å². The largest absolute Gasteiger partial charge is 0.375 e. The molecule has 0 radical (unpaired) electrons. The Labute approximate surface area is 98.7 Å². The molecule has 2 N–H and O–H groups in total. The third-order valence-electron chi connectivity index (χ3n) is 3.74. The number of ether oxygens (including phenoxy) is 2. The van der Waals surface area contributed by atoms with Crippen molar-refractivity contribution in [1.29, 1.82) is 0 Å². The predicted molar refractivity (Wildman–Crippen MR) is 64.4 cm³/mol. The van der Waals surface area contributed by atoms with Gasteiger partial charge in [-0.25, -0.2) is 0 Å². The highest BCUT2D eigenvalue weighted by Crippen LogP contribution is 2.30. The first-order chi connectivity index (χ1) is 7.55. The number of nitrogens with two attached hydrogens (primary N) is 1. The fourth-order valence-electron chi connectivity index (χ4n) is 2.77. The van der Waals surface area contributed by atoms with E-state index < -0.39 is 0 Å². The first-order valence-electron chi connectivity index (χ1n) is 6.60. The fraction of sp³-hybridized carbons (Fsp3) is 1.00. The van der Waals surface area contributed by atoms with Crippen LogP contribution in [0.4, 0.5) is 0 Å². The average Bonchev–Trinajstić information content (AvgIpc) is 2.56. The summed E-state index contributed by atoms with van der Waals surface area (Å²) in [5.41, 5.74) is 5.99. The van der Waals surface area contributed by atoms with Gasteiger partial charge in [0.1, 0.15) is 0 Å². The standard InChI is InChI=1S/C13H25NO2/c1-13(2)7-6-12(16-13)9-15-11-5-3-4-10(14)8-11/h10-12H,3-9,14H2,1-2H3. The molecule has 3 nitrogen and oxygen atoms in total. The van der Waals surface area contributed by atoms with Crippen molar-refractivity contribution in [2.24, 2.45) is 5.73 Å². The van der Waals surface area contributed by atoms with Gasteiger partial charge < -0.3 is 15.2 Å². The molecule has 0 aromatic heterocycles. The smallest absolute Gasteiger partial charge is 0.0816 e. The van der Waals surface area contributed by atoms with Gasteiger partial charge in [-0.3, -0.25) is 0 Å². The van der Waals surface area contributed by atoms with Gasteiger partial charge in [0.15, 0.2) is 0 Å². The third-order valence-corrected chi connectivity index (χ3v) is 3.74. The quantitative estimate of drug-likeness (QED) is 0.804. The molecular weight excluding hydrogens is 202 g/mol. The minimum absolute atomic E-state index is 0.0526. The van der Waals surface area contributed by atoms with E-state index in [9.17, 15) is 0 Å². The van der Waals surface area contributed by atoms with Crippen LogP contribution in [-0.2, 0) is 9.47 Å². The molecule has 0 spiro atoms. The van der Waals surface area contributed by atoms with Crippen molar-refractivity contribution < 1.29 is 9.47 Å². The van der Waals surface area contributed by atoms with Crippen LogP contribution >= 0.6 is 0 Å². The average molecular weight is 227 g/mol. The molecule has 0 aromatic carbocycles. The summed E-state index contributed by atoms with van der Waals surface area (Å²) in [6.07, 6.45) is 7.51. The second-order valence-corrected chi connectivity index (χ2v) is 5.92. The zero-order valence-electron chi connectivity index (χ0n) is 10.6. The summed E-state index contributed by atoms with van der Waals surface area (Å²) in [5.74, 6) is 0. The van der Waals surface area contributed by atoms with Gasteiger partial charge in [-0.15, -0.1) is 0 Å². The van der Waals surface area contributed by atoms with E-state index >= 15 is 0 Å². The summed E-state index contributed by atoms with van der Waals surface area (Å²) >= 11 is 0. The summed E-state index contributed by atoms with van der Waals surface area (Å²) in [4.78, 5) is 0. The third kappa shape index (κ3) is 3.44. The van der Waals surface area contributed by atoms with Gasteiger partial charge in [-0.05, 0) is 52.4 Å². The summed E-state index contributed by atoms with van der Waals surface area (Å²) in [6, 6.07) is 0.347. The van der Waals surface area contributed by atoms with Crippen LogP contribution in [0.2, 0.25) is 0 Å². The maximum atomic E-state index is 5.94. The Bertz CT molecular complexity index is 228. The van der Waals surface area contributed by atoms with Crippen LogP contribution in [0, 0.1) is 0 Å². The molecular formula is C13H25NO2. The van der Waals surface area contributed by atoms with Crippen LogP contribution in [0.25, 0.3) is 0 Å². The monoisotopic (exact) mass is 227 g/mol. The zero-order chi connectivity index (χ0) is 11.6. The Morgan fingerprint density at radius 1 is 1.31 bits per heavy atom. The highest BCUT2D eigenvalue weighted by Gasteiger charge is 2.32. The number of hydrogen-bond acceptors (Lipinski definition) is 3. The lowest BCUT2D eigenvalue weighted by molar-refractivity contribution is -0.0767. The topological polar surface area (TPSA) is 44.5 Å². The molecule has 1 aliphatic carbocycles. The second-order valence-electron chi connectivity index (χ2n) is 5.92. The summed E-state index contributed by atoms with van der Waals surface area (Å²) in [6.45, 7) is 5.06. The van der Waals surface area contributed by atoms with Gasteiger partial charge >= 0.3 is 0 Å². The molecule has 0 bridgehead atoms. The lowest BCUT2D eigenvalue weighted by atomic mass is 9.93. The molecule has 2 fully saturated rings. The Morgan fingerprint density at radius 3 is 2.75 bits per heavy atom. The summed E-state index contributed by atoms with van der Waals surface area (Å²) < 4.78 is 11.8. The Hall–Kier alpha value is -0.120. The van der Waals surface area contributed by atoms with Crippen LogP contribution in [0.1, 0.15) is 52.4 Å². The number of hydrogen-bond donors (Lipinski definition) is 1. The summed E-state index contributed by atoms with van der Waals surface area (Å²) in [7, 11) is 0. The zero-order valence-corrected chi connectivity index (χ0v) is 10.6. The van der Waals surface area contributed by atoms with Crippen LogP contribution in [0.15, 0.2) is 0 Å². The number of rotatable bonds is 3. The van der Waals surface area contributed by atoms with Crippen molar-refractivity contribution in [3.05, 3.63) is 0 Å². The molecule has 1 saturated heterocycles. The van der Waals surface area contributed by atoms with E-state index in [1.165, 1.54) is 12.8 Å². The Morgan fingerprint density at radius 2 is 2.12 bits per heavy atom. The minimum atomic E-state index is 0.0526. The maximum Gasteiger partial charge on any atom is 0.0816 e. The first kappa shape index (κ1) is 12.3. The van der Waals surface area contributed by atoms with Gasteiger partial charge in [0.2, 0.25) is 0 Å². The summed E-state index contributed by atoms with van der Waals surface area (Å²) in [5, 5.41) is 0. The van der Waals surface area contributed by atoms with E-state index in [4.69, 9.17) is 15.2 Å². The van der Waals surface area contributed by atoms with E-state index in [1.807, 2.05) is 0 Å². The molecule has 0 aromatic rings. The van der Waals surface area contributed by atoms with Crippen LogP contribution in [0.5, 0.6) is 0 Å². The van der Waals surface area contributed by atoms with E-state index in [0.29, 0.717) is 18.2 Å². The van der Waals surface area contributed by atoms with Crippen molar-refractivity contribution in [2.75, 3.05) is 6.61 Å². The van der Waals surface area contributed by atoms with Gasteiger partial charge in [-0.1, -0.05) is 0 Å². The highest BCUT2D eigenvalue weighted by atomic mass is 16.6.